The number of nitrogens with one attached hydrogen (secondary N) is 1. The van der Waals surface area contributed by atoms with Crippen LogP contribution in [0.3, 0.4) is 0 Å². The summed E-state index contributed by atoms with van der Waals surface area (Å²) in [5, 5.41) is 11.0. The summed E-state index contributed by atoms with van der Waals surface area (Å²) in [5.41, 5.74) is 1.33. The Morgan fingerprint density at radius 3 is 2.32 bits per heavy atom. The van der Waals surface area contributed by atoms with E-state index in [9.17, 15) is 14.4 Å². The van der Waals surface area contributed by atoms with Crippen LogP contribution in [0.1, 0.15) is 18.4 Å². The lowest BCUT2D eigenvalue weighted by atomic mass is 10.1. The number of methoxy groups -OCH3 is 1. The van der Waals surface area contributed by atoms with Gasteiger partial charge in [-0.3, -0.25) is 14.4 Å². The molecule has 0 bridgehead atoms. The first-order valence-corrected chi connectivity index (χ1v) is 5.68. The van der Waals surface area contributed by atoms with Crippen LogP contribution >= 0.6 is 0 Å². The molecule has 6 heteroatoms. The number of carbonyl (C=O) groups is 3. The number of esters is 1. The maximum absolute atomic E-state index is 11.4. The lowest BCUT2D eigenvalue weighted by molar-refractivity contribution is -0.140. The zero-order valence-electron chi connectivity index (χ0n) is 10.5. The van der Waals surface area contributed by atoms with E-state index in [1.807, 2.05) is 0 Å². The van der Waals surface area contributed by atoms with Gasteiger partial charge in [-0.25, -0.2) is 0 Å². The maximum Gasteiger partial charge on any atom is 0.309 e. The van der Waals surface area contributed by atoms with Crippen molar-refractivity contribution in [2.45, 2.75) is 19.3 Å². The monoisotopic (exact) mass is 265 g/mol. The molecule has 0 aromatic heterocycles. The van der Waals surface area contributed by atoms with Crippen molar-refractivity contribution in [3.63, 3.8) is 0 Å². The van der Waals surface area contributed by atoms with Gasteiger partial charge in [-0.05, 0) is 17.7 Å². The molecule has 6 nitrogen and oxygen atoms in total. The number of carbonyl (C=O) groups excluding carboxylic acids is 2. The van der Waals surface area contributed by atoms with Crippen LogP contribution in [0, 0.1) is 0 Å². The predicted molar refractivity (Wildman–Crippen MR) is 67.7 cm³/mol. The topological polar surface area (TPSA) is 92.7 Å². The molecule has 1 aromatic carbocycles. The van der Waals surface area contributed by atoms with Crippen LogP contribution in [-0.4, -0.2) is 30.1 Å². The van der Waals surface area contributed by atoms with E-state index in [0.717, 1.165) is 5.56 Å². The Bertz CT molecular complexity index is 466. The second-order valence-electron chi connectivity index (χ2n) is 3.89. The Morgan fingerprint density at radius 1 is 1.16 bits per heavy atom. The average molecular weight is 265 g/mol. The average Bonchev–Trinajstić information content (AvgIpc) is 2.38. The Labute approximate surface area is 110 Å². The Balaban J connectivity index is 2.50. The molecule has 0 spiro atoms. The molecule has 0 atom stereocenters. The molecular formula is C13H15NO5. The lowest BCUT2D eigenvalue weighted by Gasteiger charge is -2.05. The fourth-order valence-electron chi connectivity index (χ4n) is 1.39. The molecule has 2 N–H and O–H groups in total. The van der Waals surface area contributed by atoms with Crippen LogP contribution in [-0.2, 0) is 25.5 Å². The van der Waals surface area contributed by atoms with Crippen LogP contribution in [0.25, 0.3) is 0 Å². The number of hydrogen-bond acceptors (Lipinski definition) is 4. The summed E-state index contributed by atoms with van der Waals surface area (Å²) in [6.45, 7) is 0. The van der Waals surface area contributed by atoms with Gasteiger partial charge in [0, 0.05) is 12.1 Å². The third-order valence-corrected chi connectivity index (χ3v) is 2.38. The first kappa shape index (κ1) is 14.7. The van der Waals surface area contributed by atoms with Gasteiger partial charge in [0.05, 0.1) is 20.0 Å². The highest BCUT2D eigenvalue weighted by molar-refractivity contribution is 5.92. The number of carboxylic acids is 1. The van der Waals surface area contributed by atoms with Crippen LogP contribution in [0.15, 0.2) is 24.3 Å². The summed E-state index contributed by atoms with van der Waals surface area (Å²) in [6, 6.07) is 6.70. The number of amides is 1. The third kappa shape index (κ3) is 5.67. The van der Waals surface area contributed by atoms with Crippen molar-refractivity contribution in [1.82, 2.24) is 0 Å². The van der Waals surface area contributed by atoms with Gasteiger partial charge in [0.15, 0.2) is 0 Å². The standard InChI is InChI=1S/C13H15NO5/c1-19-13(18)8-9-2-4-10(5-3-9)14-11(15)6-7-12(16)17/h2-5H,6-8H2,1H3,(H,14,15)(H,16,17). The van der Waals surface area contributed by atoms with Crippen LogP contribution in [0.2, 0.25) is 0 Å². The number of benzene rings is 1. The molecule has 0 saturated carbocycles. The molecule has 0 unspecified atom stereocenters. The van der Waals surface area contributed by atoms with Gasteiger partial charge in [-0.1, -0.05) is 12.1 Å². The highest BCUT2D eigenvalue weighted by atomic mass is 16.5. The van der Waals surface area contributed by atoms with Gasteiger partial charge in [-0.2, -0.15) is 0 Å². The zero-order valence-corrected chi connectivity index (χ0v) is 10.5. The lowest BCUT2D eigenvalue weighted by Crippen LogP contribution is -2.13. The van der Waals surface area contributed by atoms with Crippen molar-refractivity contribution in [1.29, 1.82) is 0 Å². The van der Waals surface area contributed by atoms with Crippen molar-refractivity contribution in [2.24, 2.45) is 0 Å². The molecule has 0 aliphatic heterocycles. The molecule has 0 heterocycles. The van der Waals surface area contributed by atoms with Gasteiger partial charge < -0.3 is 15.2 Å². The van der Waals surface area contributed by atoms with Gasteiger partial charge in [0.2, 0.25) is 5.91 Å². The fourth-order valence-corrected chi connectivity index (χ4v) is 1.39. The normalized spacial score (nSPS) is 9.74. The predicted octanol–water partition coefficient (Wildman–Crippen LogP) is 1.21. The summed E-state index contributed by atoms with van der Waals surface area (Å²) in [7, 11) is 1.32. The molecule has 1 aromatic rings. The number of aliphatic carboxylic acids is 1. The van der Waals surface area contributed by atoms with Gasteiger partial charge in [-0.15, -0.1) is 0 Å². The summed E-state index contributed by atoms with van der Waals surface area (Å²) in [6.07, 6.45) is -0.102. The highest BCUT2D eigenvalue weighted by Gasteiger charge is 2.06. The number of carboxylic acid groups (broad SMARTS) is 1. The summed E-state index contributed by atoms with van der Waals surface area (Å²) < 4.78 is 4.54. The molecular weight excluding hydrogens is 250 g/mol. The van der Waals surface area contributed by atoms with Crippen LogP contribution in [0.5, 0.6) is 0 Å². The van der Waals surface area contributed by atoms with Gasteiger partial charge in [0.25, 0.3) is 0 Å². The first-order valence-electron chi connectivity index (χ1n) is 5.68. The summed E-state index contributed by atoms with van der Waals surface area (Å²) >= 11 is 0. The Morgan fingerprint density at radius 2 is 1.79 bits per heavy atom. The molecule has 0 saturated heterocycles. The van der Waals surface area contributed by atoms with E-state index >= 15 is 0 Å². The van der Waals surface area contributed by atoms with E-state index in [2.05, 4.69) is 10.1 Å². The van der Waals surface area contributed by atoms with Crippen LogP contribution in [0.4, 0.5) is 5.69 Å². The largest absolute Gasteiger partial charge is 0.481 e. The van der Waals surface area contributed by atoms with E-state index in [1.165, 1.54) is 7.11 Å². The second kappa shape index (κ2) is 7.15. The molecule has 1 rings (SSSR count). The van der Waals surface area contributed by atoms with E-state index in [4.69, 9.17) is 5.11 Å². The minimum absolute atomic E-state index is 0.0702. The summed E-state index contributed by atoms with van der Waals surface area (Å²) in [5.74, 6) is -1.70. The van der Waals surface area contributed by atoms with Crippen molar-refractivity contribution in [3.8, 4) is 0 Å². The Hall–Kier alpha value is -2.37. The second-order valence-corrected chi connectivity index (χ2v) is 3.89. The fraction of sp³-hybridized carbons (Fsp3) is 0.308. The number of anilines is 1. The molecule has 1 amide bonds. The first-order chi connectivity index (χ1) is 9.01. The third-order valence-electron chi connectivity index (χ3n) is 2.38. The van der Waals surface area contributed by atoms with E-state index < -0.39 is 5.97 Å². The van der Waals surface area contributed by atoms with Crippen LogP contribution < -0.4 is 5.32 Å². The number of ether oxygens (including phenoxy) is 1. The minimum Gasteiger partial charge on any atom is -0.481 e. The Kier molecular flexibility index (Phi) is 5.53. The van der Waals surface area contributed by atoms with E-state index in [0.29, 0.717) is 5.69 Å². The quantitative estimate of drug-likeness (QED) is 0.754. The summed E-state index contributed by atoms with van der Waals surface area (Å²) in [4.78, 5) is 32.7. The SMILES string of the molecule is COC(=O)Cc1ccc(NC(=O)CCC(=O)O)cc1. The number of hydrogen-bond donors (Lipinski definition) is 2. The smallest absolute Gasteiger partial charge is 0.309 e. The molecule has 0 aliphatic rings. The molecule has 0 radical (unpaired) electrons. The van der Waals surface area contributed by atoms with Gasteiger partial charge >= 0.3 is 11.9 Å². The van der Waals surface area contributed by atoms with Gasteiger partial charge in [0.1, 0.15) is 0 Å². The highest BCUT2D eigenvalue weighted by Crippen LogP contribution is 2.11. The minimum atomic E-state index is -1.01. The molecule has 0 aliphatic carbocycles. The molecule has 0 fully saturated rings. The zero-order chi connectivity index (χ0) is 14.3. The van der Waals surface area contributed by atoms with Crippen molar-refractivity contribution < 1.29 is 24.2 Å². The maximum atomic E-state index is 11.4. The number of rotatable bonds is 6. The van der Waals surface area contributed by atoms with E-state index in [1.54, 1.807) is 24.3 Å². The molecule has 19 heavy (non-hydrogen) atoms. The molecule has 102 valence electrons. The van der Waals surface area contributed by atoms with E-state index in [-0.39, 0.29) is 31.1 Å². The van der Waals surface area contributed by atoms with Crippen molar-refractivity contribution in [3.05, 3.63) is 29.8 Å². The van der Waals surface area contributed by atoms with Crippen molar-refractivity contribution >= 4 is 23.5 Å². The van der Waals surface area contributed by atoms with Crippen molar-refractivity contribution in [2.75, 3.05) is 12.4 Å².